The van der Waals surface area contributed by atoms with E-state index in [-0.39, 0.29) is 11.8 Å². The van der Waals surface area contributed by atoms with Gasteiger partial charge in [-0.25, -0.2) is 0 Å². The van der Waals surface area contributed by atoms with Crippen LogP contribution < -0.4 is 10.1 Å². The molecule has 1 aliphatic heterocycles. The Bertz CT molecular complexity index is 620. The van der Waals surface area contributed by atoms with Gasteiger partial charge in [-0.15, -0.1) is 0 Å². The Morgan fingerprint density at radius 3 is 2.58 bits per heavy atom. The second kappa shape index (κ2) is 10.6. The monoisotopic (exact) mass is 401 g/mol. The summed E-state index contributed by atoms with van der Waals surface area (Å²) in [4.78, 5) is 27.8. The Kier molecular flexibility index (Phi) is 8.48. The first kappa shape index (κ1) is 20.8. The Labute approximate surface area is 164 Å². The molecule has 0 bridgehead atoms. The van der Waals surface area contributed by atoms with Crippen molar-refractivity contribution in [1.29, 1.82) is 0 Å². The molecule has 0 unspecified atom stereocenters. The molecule has 2 amide bonds. The molecule has 0 aliphatic carbocycles. The summed E-state index contributed by atoms with van der Waals surface area (Å²) in [7, 11) is 0. The molecule has 26 heavy (non-hydrogen) atoms. The average Bonchev–Trinajstić information content (AvgIpc) is 2.61. The number of amides is 2. The molecule has 144 valence electrons. The van der Waals surface area contributed by atoms with Gasteiger partial charge in [0, 0.05) is 44.2 Å². The number of hydrogen-bond donors (Lipinski definition) is 1. The Hall–Kier alpha value is -1.50. The van der Waals surface area contributed by atoms with Gasteiger partial charge in [0.2, 0.25) is 11.8 Å². The number of likely N-dealkylation sites (N-methyl/N-ethyl adjacent to an activating group) is 1. The molecule has 0 atom stereocenters. The van der Waals surface area contributed by atoms with Gasteiger partial charge in [-0.1, -0.05) is 23.2 Å². The lowest BCUT2D eigenvalue weighted by atomic mass is 10.2. The molecule has 1 aliphatic rings. The van der Waals surface area contributed by atoms with Crippen molar-refractivity contribution >= 4 is 35.0 Å². The summed E-state index contributed by atoms with van der Waals surface area (Å²) in [5.74, 6) is 0.723. The molecule has 2 rings (SSSR count). The Morgan fingerprint density at radius 2 is 1.92 bits per heavy atom. The molecule has 0 saturated carbocycles. The summed E-state index contributed by atoms with van der Waals surface area (Å²) in [6, 6.07) is 5.07. The summed E-state index contributed by atoms with van der Waals surface area (Å²) >= 11 is 11.9. The number of nitrogens with zero attached hydrogens (tertiary/aromatic N) is 2. The Balaban J connectivity index is 1.64. The summed E-state index contributed by atoms with van der Waals surface area (Å²) in [5, 5.41) is 3.81. The maximum atomic E-state index is 12.3. The molecule has 0 spiro atoms. The molecule has 1 heterocycles. The largest absolute Gasteiger partial charge is 0.492 e. The summed E-state index contributed by atoms with van der Waals surface area (Å²) in [6.45, 7) is 6.11. The lowest BCUT2D eigenvalue weighted by molar-refractivity contribution is -0.133. The van der Waals surface area contributed by atoms with Crippen molar-refractivity contribution in [1.82, 2.24) is 15.1 Å². The maximum Gasteiger partial charge on any atom is 0.234 e. The number of rotatable bonds is 8. The van der Waals surface area contributed by atoms with Crippen LogP contribution in [0, 0.1) is 0 Å². The number of carbonyl (C=O) groups is 2. The van der Waals surface area contributed by atoms with Crippen LogP contribution in [0.1, 0.15) is 19.8 Å². The lowest BCUT2D eigenvalue weighted by Crippen LogP contribution is -2.51. The van der Waals surface area contributed by atoms with E-state index in [1.54, 1.807) is 18.2 Å². The topological polar surface area (TPSA) is 61.9 Å². The van der Waals surface area contributed by atoms with Gasteiger partial charge < -0.3 is 15.0 Å². The number of ether oxygens (including phenoxy) is 1. The van der Waals surface area contributed by atoms with Gasteiger partial charge in [-0.05, 0) is 31.5 Å². The second-order valence-corrected chi connectivity index (χ2v) is 6.98. The number of benzene rings is 1. The zero-order valence-electron chi connectivity index (χ0n) is 15.0. The summed E-state index contributed by atoms with van der Waals surface area (Å²) in [6.07, 6.45) is 1.05. The molecule has 0 aromatic heterocycles. The van der Waals surface area contributed by atoms with Gasteiger partial charge in [0.15, 0.2) is 0 Å². The highest BCUT2D eigenvalue weighted by Crippen LogP contribution is 2.27. The van der Waals surface area contributed by atoms with E-state index in [1.165, 1.54) is 0 Å². The van der Waals surface area contributed by atoms with E-state index in [2.05, 4.69) is 10.2 Å². The number of piperazine rings is 1. The number of nitrogens with one attached hydrogen (secondary N) is 1. The fourth-order valence-electron chi connectivity index (χ4n) is 2.77. The van der Waals surface area contributed by atoms with Gasteiger partial charge in [0.25, 0.3) is 0 Å². The van der Waals surface area contributed by atoms with Crippen molar-refractivity contribution in [2.45, 2.75) is 19.8 Å². The van der Waals surface area contributed by atoms with Crippen molar-refractivity contribution in [2.24, 2.45) is 0 Å². The van der Waals surface area contributed by atoms with Gasteiger partial charge in [0.05, 0.1) is 18.2 Å². The van der Waals surface area contributed by atoms with E-state index >= 15 is 0 Å². The van der Waals surface area contributed by atoms with Crippen LogP contribution in [-0.4, -0.2) is 67.5 Å². The maximum absolute atomic E-state index is 12.3. The predicted molar refractivity (Wildman–Crippen MR) is 103 cm³/mol. The fourth-order valence-corrected chi connectivity index (χ4v) is 3.23. The van der Waals surface area contributed by atoms with E-state index in [0.717, 1.165) is 13.1 Å². The number of hydrogen-bond acceptors (Lipinski definition) is 4. The van der Waals surface area contributed by atoms with E-state index < -0.39 is 0 Å². The van der Waals surface area contributed by atoms with E-state index in [4.69, 9.17) is 27.9 Å². The highest BCUT2D eigenvalue weighted by molar-refractivity contribution is 6.35. The molecule has 1 fully saturated rings. The van der Waals surface area contributed by atoms with E-state index in [9.17, 15) is 9.59 Å². The molecule has 8 heteroatoms. The van der Waals surface area contributed by atoms with E-state index in [1.807, 2.05) is 11.8 Å². The third-order valence-electron chi connectivity index (χ3n) is 4.15. The summed E-state index contributed by atoms with van der Waals surface area (Å²) in [5.41, 5.74) is 0. The first-order valence-corrected chi connectivity index (χ1v) is 9.60. The van der Waals surface area contributed by atoms with Gasteiger partial charge in [0.1, 0.15) is 5.75 Å². The van der Waals surface area contributed by atoms with Crippen LogP contribution in [-0.2, 0) is 9.59 Å². The Morgan fingerprint density at radius 1 is 1.19 bits per heavy atom. The molecule has 1 N–H and O–H groups in total. The van der Waals surface area contributed by atoms with Crippen LogP contribution in [0.15, 0.2) is 18.2 Å². The van der Waals surface area contributed by atoms with Crippen molar-refractivity contribution in [2.75, 3.05) is 45.9 Å². The normalized spacial score (nSPS) is 15.0. The van der Waals surface area contributed by atoms with Crippen LogP contribution >= 0.6 is 23.2 Å². The molecular formula is C18H25Cl2N3O3. The van der Waals surface area contributed by atoms with Crippen molar-refractivity contribution < 1.29 is 14.3 Å². The minimum absolute atomic E-state index is 0.0327. The van der Waals surface area contributed by atoms with Crippen molar-refractivity contribution in [3.8, 4) is 5.75 Å². The lowest BCUT2D eigenvalue weighted by Gasteiger charge is -2.34. The van der Waals surface area contributed by atoms with Crippen molar-refractivity contribution in [3.05, 3.63) is 28.2 Å². The van der Waals surface area contributed by atoms with Crippen LogP contribution in [0.5, 0.6) is 5.75 Å². The second-order valence-electron chi connectivity index (χ2n) is 6.14. The zero-order valence-corrected chi connectivity index (χ0v) is 16.5. The highest BCUT2D eigenvalue weighted by atomic mass is 35.5. The standard InChI is InChI=1S/C18H25Cl2N3O3/c1-2-21-17(24)13-22-7-9-23(10-8-22)18(25)4-3-11-26-16-6-5-14(19)12-15(16)20/h5-6,12H,2-4,7-11,13H2,1H3,(H,21,24). The SMILES string of the molecule is CCNC(=O)CN1CCN(C(=O)CCCOc2ccc(Cl)cc2Cl)CC1. The first-order valence-electron chi connectivity index (χ1n) is 8.84. The molecule has 1 aromatic rings. The first-order chi connectivity index (χ1) is 12.5. The van der Waals surface area contributed by atoms with Crippen molar-refractivity contribution in [3.63, 3.8) is 0 Å². The highest BCUT2D eigenvalue weighted by Gasteiger charge is 2.21. The average molecular weight is 402 g/mol. The van der Waals surface area contributed by atoms with Gasteiger partial charge >= 0.3 is 0 Å². The molecule has 6 nitrogen and oxygen atoms in total. The zero-order chi connectivity index (χ0) is 18.9. The van der Waals surface area contributed by atoms with Crippen LogP contribution in [0.2, 0.25) is 10.0 Å². The van der Waals surface area contributed by atoms with Crippen LogP contribution in [0.25, 0.3) is 0 Å². The molecular weight excluding hydrogens is 377 g/mol. The fraction of sp³-hybridized carbons (Fsp3) is 0.556. The smallest absolute Gasteiger partial charge is 0.234 e. The van der Waals surface area contributed by atoms with E-state index in [0.29, 0.717) is 61.4 Å². The van der Waals surface area contributed by atoms with Gasteiger partial charge in [-0.2, -0.15) is 0 Å². The minimum Gasteiger partial charge on any atom is -0.492 e. The number of halogens is 2. The van der Waals surface area contributed by atoms with Crippen LogP contribution in [0.4, 0.5) is 0 Å². The summed E-state index contributed by atoms with van der Waals surface area (Å²) < 4.78 is 5.60. The minimum atomic E-state index is 0.0327. The number of carbonyl (C=O) groups excluding carboxylic acids is 2. The van der Waals surface area contributed by atoms with Gasteiger partial charge in [-0.3, -0.25) is 14.5 Å². The third-order valence-corrected chi connectivity index (χ3v) is 4.68. The third kappa shape index (κ3) is 6.67. The van der Waals surface area contributed by atoms with Crippen LogP contribution in [0.3, 0.4) is 0 Å². The molecule has 0 radical (unpaired) electrons. The molecule has 1 saturated heterocycles. The quantitative estimate of drug-likeness (QED) is 0.679. The predicted octanol–water partition coefficient (Wildman–Crippen LogP) is 2.43. The molecule has 1 aromatic carbocycles.